The van der Waals surface area contributed by atoms with Crippen LogP contribution in [0.2, 0.25) is 0 Å². The number of rotatable bonds is 5. The first-order valence-corrected chi connectivity index (χ1v) is 9.70. The second-order valence-electron chi connectivity index (χ2n) is 7.21. The van der Waals surface area contributed by atoms with Crippen LogP contribution in [-0.2, 0) is 14.4 Å². The predicted molar refractivity (Wildman–Crippen MR) is 107 cm³/mol. The van der Waals surface area contributed by atoms with Gasteiger partial charge in [-0.2, -0.15) is 0 Å². The quantitative estimate of drug-likeness (QED) is 0.798. The van der Waals surface area contributed by atoms with Crippen LogP contribution in [0.3, 0.4) is 0 Å². The van der Waals surface area contributed by atoms with E-state index < -0.39 is 17.8 Å². The number of ether oxygens (including phenoxy) is 1. The Hall–Kier alpha value is -2.94. The number of nitrogens with zero attached hydrogens (tertiary/aromatic N) is 2. The first-order chi connectivity index (χ1) is 13.3. The summed E-state index contributed by atoms with van der Waals surface area (Å²) in [6.45, 7) is 5.55. The molecule has 2 N–H and O–H groups in total. The summed E-state index contributed by atoms with van der Waals surface area (Å²) in [5.41, 5.74) is 1.46. The van der Waals surface area contributed by atoms with Crippen LogP contribution in [0.4, 0.5) is 9.93 Å². The molecule has 1 aromatic heterocycles. The largest absolute Gasteiger partial charge is 0.444 e. The highest BCUT2D eigenvalue weighted by atomic mass is 32.1. The molecule has 3 rings (SSSR count). The minimum Gasteiger partial charge on any atom is -0.444 e. The Morgan fingerprint density at radius 3 is 2.75 bits per heavy atom. The van der Waals surface area contributed by atoms with Crippen molar-refractivity contribution in [3.63, 3.8) is 0 Å². The van der Waals surface area contributed by atoms with Crippen LogP contribution >= 0.6 is 11.3 Å². The molecule has 0 unspecified atom stereocenters. The molecule has 0 aliphatic carbocycles. The number of nitrogens with one attached hydrogen (secondary N) is 2. The zero-order valence-corrected chi connectivity index (χ0v) is 16.7. The summed E-state index contributed by atoms with van der Waals surface area (Å²) < 4.78 is 5.16. The Balaban J connectivity index is 1.47. The van der Waals surface area contributed by atoms with E-state index in [0.29, 0.717) is 11.6 Å². The lowest BCUT2D eigenvalue weighted by Gasteiger charge is -2.20. The molecule has 2 amide bonds. The Kier molecular flexibility index (Phi) is 5.93. The van der Waals surface area contributed by atoms with E-state index >= 15 is 0 Å². The molecule has 1 aliphatic heterocycles. The topological polar surface area (TPSA) is 102 Å². The standard InChI is InChI=1S/C19H22N4O4S/c1-19(2,3)26-18(25)20-10-13-9-14(23-27-13)16(24)22-17-21-15(11-28-17)12-7-5-4-6-8-12/h4-8,11,13H,9-10H2,1-3H3,(H,20,25)(H,21,22,24)/t13-/m0/s1. The monoisotopic (exact) mass is 402 g/mol. The average Bonchev–Trinajstić information content (AvgIpc) is 3.29. The van der Waals surface area contributed by atoms with Gasteiger partial charge in [0, 0.05) is 17.4 Å². The molecule has 0 spiro atoms. The van der Waals surface area contributed by atoms with Crippen LogP contribution in [0.5, 0.6) is 0 Å². The van der Waals surface area contributed by atoms with E-state index in [-0.39, 0.29) is 18.2 Å². The van der Waals surface area contributed by atoms with Crippen molar-refractivity contribution >= 4 is 34.2 Å². The number of anilines is 1. The van der Waals surface area contributed by atoms with Crippen LogP contribution in [0.25, 0.3) is 11.3 Å². The van der Waals surface area contributed by atoms with Crippen LogP contribution in [0, 0.1) is 0 Å². The molecule has 8 nitrogen and oxygen atoms in total. The number of benzene rings is 1. The van der Waals surface area contributed by atoms with E-state index in [1.165, 1.54) is 11.3 Å². The number of thiazole rings is 1. The SMILES string of the molecule is CC(C)(C)OC(=O)NC[C@@H]1CC(C(=O)Nc2nc(-c3ccccc3)cs2)=NO1. The van der Waals surface area contributed by atoms with Crippen molar-refractivity contribution in [3.8, 4) is 11.3 Å². The van der Waals surface area contributed by atoms with Crippen molar-refractivity contribution in [1.29, 1.82) is 0 Å². The lowest BCUT2D eigenvalue weighted by molar-refractivity contribution is -0.110. The number of alkyl carbamates (subject to hydrolysis) is 1. The van der Waals surface area contributed by atoms with E-state index in [4.69, 9.17) is 9.57 Å². The Morgan fingerprint density at radius 1 is 1.29 bits per heavy atom. The molecule has 0 bridgehead atoms. The Bertz CT molecular complexity index is 874. The van der Waals surface area contributed by atoms with Crippen LogP contribution in [-0.4, -0.2) is 40.9 Å². The van der Waals surface area contributed by atoms with E-state index in [9.17, 15) is 9.59 Å². The van der Waals surface area contributed by atoms with Crippen LogP contribution < -0.4 is 10.6 Å². The highest BCUT2D eigenvalue weighted by Crippen LogP contribution is 2.25. The highest BCUT2D eigenvalue weighted by molar-refractivity contribution is 7.14. The molecule has 2 heterocycles. The van der Waals surface area contributed by atoms with Crippen molar-refractivity contribution in [1.82, 2.24) is 10.3 Å². The third kappa shape index (κ3) is 5.53. The molecule has 28 heavy (non-hydrogen) atoms. The van der Waals surface area contributed by atoms with Gasteiger partial charge < -0.3 is 14.9 Å². The molecule has 1 atom stereocenters. The number of oxime groups is 1. The van der Waals surface area contributed by atoms with Gasteiger partial charge in [0.2, 0.25) is 0 Å². The summed E-state index contributed by atoms with van der Waals surface area (Å²) in [7, 11) is 0. The molecule has 0 saturated carbocycles. The fourth-order valence-electron chi connectivity index (χ4n) is 2.43. The normalized spacial score (nSPS) is 16.1. The maximum atomic E-state index is 12.4. The highest BCUT2D eigenvalue weighted by Gasteiger charge is 2.27. The van der Waals surface area contributed by atoms with Gasteiger partial charge in [-0.1, -0.05) is 35.5 Å². The van der Waals surface area contributed by atoms with Gasteiger partial charge in [0.05, 0.1) is 12.2 Å². The first-order valence-electron chi connectivity index (χ1n) is 8.82. The van der Waals surface area contributed by atoms with Gasteiger partial charge in [-0.15, -0.1) is 11.3 Å². The van der Waals surface area contributed by atoms with Crippen molar-refractivity contribution in [2.75, 3.05) is 11.9 Å². The molecule has 0 radical (unpaired) electrons. The number of amides is 2. The van der Waals surface area contributed by atoms with Crippen molar-refractivity contribution in [3.05, 3.63) is 35.7 Å². The van der Waals surface area contributed by atoms with Crippen LogP contribution in [0.15, 0.2) is 40.9 Å². The van der Waals surface area contributed by atoms with Gasteiger partial charge in [-0.3, -0.25) is 10.1 Å². The van der Waals surface area contributed by atoms with Gasteiger partial charge in [0.15, 0.2) is 11.2 Å². The summed E-state index contributed by atoms with van der Waals surface area (Å²) in [6.07, 6.45) is -0.659. The van der Waals surface area contributed by atoms with E-state index in [2.05, 4.69) is 20.8 Å². The average molecular weight is 402 g/mol. The number of carbonyl (C=O) groups is 2. The smallest absolute Gasteiger partial charge is 0.407 e. The number of hydrogen-bond acceptors (Lipinski definition) is 7. The lowest BCUT2D eigenvalue weighted by Crippen LogP contribution is -2.37. The summed E-state index contributed by atoms with van der Waals surface area (Å²) in [5, 5.41) is 11.5. The summed E-state index contributed by atoms with van der Waals surface area (Å²) in [5.74, 6) is -0.367. The molecule has 0 saturated heterocycles. The fraction of sp³-hybridized carbons (Fsp3) is 0.368. The molecular weight excluding hydrogens is 380 g/mol. The van der Waals surface area contributed by atoms with E-state index in [0.717, 1.165) is 11.3 Å². The number of hydrogen-bond donors (Lipinski definition) is 2. The zero-order valence-electron chi connectivity index (χ0n) is 15.9. The van der Waals surface area contributed by atoms with Gasteiger partial charge in [-0.25, -0.2) is 9.78 Å². The van der Waals surface area contributed by atoms with E-state index in [1.807, 2.05) is 35.7 Å². The summed E-state index contributed by atoms with van der Waals surface area (Å²) in [6, 6.07) is 9.71. The van der Waals surface area contributed by atoms with Crippen LogP contribution in [0.1, 0.15) is 27.2 Å². The van der Waals surface area contributed by atoms with Gasteiger partial charge in [0.25, 0.3) is 5.91 Å². The summed E-state index contributed by atoms with van der Waals surface area (Å²) >= 11 is 1.34. The zero-order chi connectivity index (χ0) is 20.1. The third-order valence-corrected chi connectivity index (χ3v) is 4.42. The molecule has 1 aromatic carbocycles. The molecule has 9 heteroatoms. The molecule has 148 valence electrons. The molecule has 1 aliphatic rings. The van der Waals surface area contributed by atoms with Gasteiger partial charge in [0.1, 0.15) is 11.3 Å². The molecule has 2 aromatic rings. The fourth-order valence-corrected chi connectivity index (χ4v) is 3.14. The number of carbonyl (C=O) groups excluding carboxylic acids is 2. The second-order valence-corrected chi connectivity index (χ2v) is 8.07. The summed E-state index contributed by atoms with van der Waals surface area (Å²) in [4.78, 5) is 33.7. The maximum Gasteiger partial charge on any atom is 0.407 e. The van der Waals surface area contributed by atoms with Crippen molar-refractivity contribution in [2.45, 2.75) is 38.9 Å². The Labute approximate surface area is 166 Å². The van der Waals surface area contributed by atoms with Gasteiger partial charge in [-0.05, 0) is 20.8 Å². The van der Waals surface area contributed by atoms with Gasteiger partial charge >= 0.3 is 6.09 Å². The second kappa shape index (κ2) is 8.39. The van der Waals surface area contributed by atoms with Crippen molar-refractivity contribution in [2.24, 2.45) is 5.16 Å². The van der Waals surface area contributed by atoms with Crippen molar-refractivity contribution < 1.29 is 19.2 Å². The predicted octanol–water partition coefficient (Wildman–Crippen LogP) is 3.42. The molecular formula is C19H22N4O4S. The number of aromatic nitrogens is 1. The molecule has 0 fully saturated rings. The minimum absolute atomic E-state index is 0.199. The van der Waals surface area contributed by atoms with E-state index in [1.54, 1.807) is 20.8 Å². The maximum absolute atomic E-state index is 12.4. The first kappa shape index (κ1) is 19.8. The third-order valence-electron chi connectivity index (χ3n) is 3.66. The Morgan fingerprint density at radius 2 is 2.04 bits per heavy atom. The lowest BCUT2D eigenvalue weighted by atomic mass is 10.1. The minimum atomic E-state index is -0.575.